The van der Waals surface area contributed by atoms with Gasteiger partial charge in [-0.05, 0) is 56.2 Å². The van der Waals surface area contributed by atoms with Crippen LogP contribution < -0.4 is 19.7 Å². The zero-order valence-electron chi connectivity index (χ0n) is 24.7. The normalized spacial score (nSPS) is 12.8. The van der Waals surface area contributed by atoms with Crippen molar-refractivity contribution in [3.63, 3.8) is 0 Å². The number of unbranched alkanes of at least 4 members (excludes halogenated alkanes) is 1. The zero-order valence-corrected chi connectivity index (χ0v) is 24.7. The topological polar surface area (TPSA) is 83.9 Å². The van der Waals surface area contributed by atoms with E-state index in [9.17, 15) is 18.7 Å². The van der Waals surface area contributed by atoms with Crippen LogP contribution in [0.4, 0.5) is 18.9 Å². The Morgan fingerprint density at radius 2 is 1.86 bits per heavy atom. The highest BCUT2D eigenvalue weighted by Crippen LogP contribution is 2.42. The van der Waals surface area contributed by atoms with Crippen LogP contribution in [0.15, 0.2) is 91.3 Å². The number of methoxy groups -OCH3 is 1. The van der Waals surface area contributed by atoms with E-state index in [4.69, 9.17) is 4.74 Å². The summed E-state index contributed by atoms with van der Waals surface area (Å²) in [6, 6.07) is 12.4. The molecule has 228 valence electrons. The number of likely N-dealkylation sites (N-methyl/N-ethyl adjacent to an activating group) is 1. The van der Waals surface area contributed by atoms with Gasteiger partial charge < -0.3 is 24.8 Å². The largest absolute Gasteiger partial charge is 0.480 e. The number of carbonyl (C=O) groups is 1. The Kier molecular flexibility index (Phi) is 11.1. The first-order chi connectivity index (χ1) is 20.5. The van der Waals surface area contributed by atoms with Gasteiger partial charge in [0.05, 0.1) is 24.2 Å². The molecule has 0 spiro atoms. The molecule has 1 atom stereocenters. The SMILES string of the molecule is C=C/C(=C\CCC)NC(=O)c1cc(N(CC)C(=C)C(O)(c2ccc(OC(F)F)cc2)c2ccccc2F)c(C)nc1OC. The summed E-state index contributed by atoms with van der Waals surface area (Å²) >= 11 is 0. The van der Waals surface area contributed by atoms with Gasteiger partial charge in [-0.3, -0.25) is 4.79 Å². The predicted molar refractivity (Wildman–Crippen MR) is 161 cm³/mol. The number of amides is 1. The summed E-state index contributed by atoms with van der Waals surface area (Å²) in [5, 5.41) is 15.1. The van der Waals surface area contributed by atoms with Crippen LogP contribution in [-0.4, -0.2) is 36.3 Å². The maximum absolute atomic E-state index is 15.3. The van der Waals surface area contributed by atoms with Crippen LogP contribution in [0, 0.1) is 12.7 Å². The molecule has 3 aromatic rings. The molecule has 1 amide bonds. The van der Waals surface area contributed by atoms with Crippen molar-refractivity contribution in [2.24, 2.45) is 0 Å². The van der Waals surface area contributed by atoms with Crippen LogP contribution in [0.1, 0.15) is 53.9 Å². The molecule has 3 rings (SSSR count). The Hall–Kier alpha value is -4.57. The molecule has 1 aromatic heterocycles. The van der Waals surface area contributed by atoms with Crippen molar-refractivity contribution in [2.75, 3.05) is 18.6 Å². The van der Waals surface area contributed by atoms with Crippen LogP contribution in [0.25, 0.3) is 0 Å². The summed E-state index contributed by atoms with van der Waals surface area (Å²) in [4.78, 5) is 19.5. The third kappa shape index (κ3) is 7.26. The Morgan fingerprint density at radius 1 is 1.19 bits per heavy atom. The van der Waals surface area contributed by atoms with Crippen molar-refractivity contribution in [3.8, 4) is 11.6 Å². The molecule has 0 bridgehead atoms. The monoisotopic (exact) mass is 595 g/mol. The summed E-state index contributed by atoms with van der Waals surface area (Å²) < 4.78 is 50.7. The lowest BCUT2D eigenvalue weighted by atomic mass is 9.82. The highest BCUT2D eigenvalue weighted by Gasteiger charge is 2.40. The lowest BCUT2D eigenvalue weighted by molar-refractivity contribution is -0.0498. The third-order valence-corrected chi connectivity index (χ3v) is 6.83. The number of aliphatic hydroxyl groups is 1. The van der Waals surface area contributed by atoms with E-state index >= 15 is 4.39 Å². The second-order valence-corrected chi connectivity index (χ2v) is 9.54. The Morgan fingerprint density at radius 3 is 2.42 bits per heavy atom. The second-order valence-electron chi connectivity index (χ2n) is 9.54. The predicted octanol–water partition coefficient (Wildman–Crippen LogP) is 7.02. The molecular formula is C33H36F3N3O4. The van der Waals surface area contributed by atoms with E-state index in [2.05, 4.69) is 28.2 Å². The number of pyridine rings is 1. The van der Waals surface area contributed by atoms with Crippen molar-refractivity contribution in [1.29, 1.82) is 0 Å². The number of rotatable bonds is 14. The lowest BCUT2D eigenvalue weighted by Crippen LogP contribution is -2.40. The first-order valence-electron chi connectivity index (χ1n) is 13.7. The minimum Gasteiger partial charge on any atom is -0.480 e. The van der Waals surface area contributed by atoms with E-state index in [-0.39, 0.29) is 40.6 Å². The van der Waals surface area contributed by atoms with Crippen LogP contribution in [0.2, 0.25) is 0 Å². The van der Waals surface area contributed by atoms with Gasteiger partial charge in [-0.1, -0.05) is 62.9 Å². The number of aryl methyl sites for hydroxylation is 1. The summed E-state index contributed by atoms with van der Waals surface area (Å²) in [5.41, 5.74) is -0.618. The maximum Gasteiger partial charge on any atom is 0.387 e. The lowest BCUT2D eigenvalue weighted by Gasteiger charge is -2.39. The van der Waals surface area contributed by atoms with Crippen molar-refractivity contribution >= 4 is 11.6 Å². The van der Waals surface area contributed by atoms with E-state index < -0.39 is 23.9 Å². The number of nitrogens with zero attached hydrogens (tertiary/aromatic N) is 2. The summed E-state index contributed by atoms with van der Waals surface area (Å²) in [5.74, 6) is -1.26. The van der Waals surface area contributed by atoms with Gasteiger partial charge in [-0.15, -0.1) is 0 Å². The highest BCUT2D eigenvalue weighted by atomic mass is 19.3. The molecule has 1 heterocycles. The van der Waals surface area contributed by atoms with E-state index in [1.165, 1.54) is 55.7 Å². The average molecular weight is 596 g/mol. The molecule has 0 saturated heterocycles. The summed E-state index contributed by atoms with van der Waals surface area (Å²) in [7, 11) is 1.40. The fourth-order valence-electron chi connectivity index (χ4n) is 4.66. The standard InChI is InChI=1S/C33H36F3N3O4/c1-7-10-13-24(8-2)38-30(40)26-20-29(21(4)37-31(26)42-6)39(9-3)22(5)33(41,27-14-11-12-15-28(27)34)23-16-18-25(19-17-23)43-32(35)36/h8,11-20,32,41H,2,5,7,9-10H2,1,3-4,6H3,(H,38,40)/b24-13+. The smallest absolute Gasteiger partial charge is 0.387 e. The van der Waals surface area contributed by atoms with Gasteiger partial charge in [0.15, 0.2) is 5.60 Å². The molecule has 2 N–H and O–H groups in total. The molecule has 1 unspecified atom stereocenters. The Labute approximate surface area is 250 Å². The maximum atomic E-state index is 15.3. The summed E-state index contributed by atoms with van der Waals surface area (Å²) in [6.45, 7) is 10.6. The molecule has 0 radical (unpaired) electrons. The molecule has 43 heavy (non-hydrogen) atoms. The summed E-state index contributed by atoms with van der Waals surface area (Å²) in [6.07, 6.45) is 5.01. The van der Waals surface area contributed by atoms with Gasteiger partial charge in [-0.25, -0.2) is 9.37 Å². The number of nitrogens with one attached hydrogen (secondary N) is 1. The first-order valence-corrected chi connectivity index (χ1v) is 13.7. The number of alkyl halides is 2. The van der Waals surface area contributed by atoms with Crippen LogP contribution >= 0.6 is 0 Å². The van der Waals surface area contributed by atoms with Crippen molar-refractivity contribution < 1.29 is 32.5 Å². The van der Waals surface area contributed by atoms with Crippen molar-refractivity contribution in [3.05, 3.63) is 120 Å². The Balaban J connectivity index is 2.16. The van der Waals surface area contributed by atoms with Crippen LogP contribution in [0.3, 0.4) is 0 Å². The number of carbonyl (C=O) groups excluding carboxylic acids is 1. The highest BCUT2D eigenvalue weighted by molar-refractivity contribution is 5.98. The van der Waals surface area contributed by atoms with Crippen LogP contribution in [-0.2, 0) is 5.60 Å². The zero-order chi connectivity index (χ0) is 31.7. The van der Waals surface area contributed by atoms with Gasteiger partial charge in [0.1, 0.15) is 17.1 Å². The molecule has 7 nitrogen and oxygen atoms in total. The number of hydrogen-bond acceptors (Lipinski definition) is 6. The van der Waals surface area contributed by atoms with Gasteiger partial charge >= 0.3 is 6.61 Å². The second kappa shape index (κ2) is 14.6. The molecular weight excluding hydrogens is 559 g/mol. The number of hydrogen-bond donors (Lipinski definition) is 2. The van der Waals surface area contributed by atoms with Gasteiger partial charge in [0.2, 0.25) is 5.88 Å². The van der Waals surface area contributed by atoms with Gasteiger partial charge in [0, 0.05) is 17.8 Å². The van der Waals surface area contributed by atoms with Crippen molar-refractivity contribution in [1.82, 2.24) is 10.3 Å². The first kappa shape index (κ1) is 32.9. The van der Waals surface area contributed by atoms with E-state index in [0.717, 1.165) is 12.8 Å². The van der Waals surface area contributed by atoms with E-state index in [1.807, 2.05) is 13.0 Å². The quantitative estimate of drug-likeness (QED) is 0.195. The fourth-order valence-corrected chi connectivity index (χ4v) is 4.66. The average Bonchev–Trinajstić information content (AvgIpc) is 2.99. The molecule has 0 aliphatic carbocycles. The molecule has 2 aromatic carbocycles. The fraction of sp³-hybridized carbons (Fsp3) is 0.273. The Bertz CT molecular complexity index is 1490. The number of anilines is 1. The third-order valence-electron chi connectivity index (χ3n) is 6.83. The van der Waals surface area contributed by atoms with Gasteiger partial charge in [0.25, 0.3) is 5.91 Å². The van der Waals surface area contributed by atoms with Crippen molar-refractivity contribution in [2.45, 2.75) is 45.8 Å². The molecule has 0 aliphatic heterocycles. The molecule has 10 heteroatoms. The van der Waals surface area contributed by atoms with E-state index in [1.54, 1.807) is 30.9 Å². The minimum absolute atomic E-state index is 0.0266. The minimum atomic E-state index is -3.04. The number of allylic oxidation sites excluding steroid dienone is 2. The molecule has 0 fully saturated rings. The van der Waals surface area contributed by atoms with Gasteiger partial charge in [-0.2, -0.15) is 8.78 Å². The number of aromatic nitrogens is 1. The van der Waals surface area contributed by atoms with Crippen LogP contribution in [0.5, 0.6) is 11.6 Å². The number of ether oxygens (including phenoxy) is 2. The number of benzene rings is 2. The molecule has 0 saturated carbocycles. The van der Waals surface area contributed by atoms with E-state index in [0.29, 0.717) is 17.1 Å². The number of halogens is 3. The molecule has 0 aliphatic rings.